The van der Waals surface area contributed by atoms with Crippen LogP contribution in [0.1, 0.15) is 5.56 Å². The van der Waals surface area contributed by atoms with Crippen LogP contribution in [0.15, 0.2) is 52.4 Å². The molecule has 4 rings (SSSR count). The second-order valence-corrected chi connectivity index (χ2v) is 8.62. The summed E-state index contributed by atoms with van der Waals surface area (Å²) in [5.41, 5.74) is 2.09. The number of nitrogens with zero attached hydrogens (tertiary/aromatic N) is 2. The molecule has 0 atom stereocenters. The van der Waals surface area contributed by atoms with Crippen LogP contribution in [0.2, 0.25) is 0 Å². The van der Waals surface area contributed by atoms with Gasteiger partial charge in [-0.2, -0.15) is 0 Å². The molecular formula is C20H18F2N2O3S. The predicted octanol–water partition coefficient (Wildman–Crippen LogP) is 3.49. The molecule has 2 aromatic carbocycles. The standard InChI is InChI=1S/C20H18F2N2O3S/c1-13-2-3-18-17(8-13)20(24-4-6-27-7-5-24)19(12-23-18)28(25,26)16-10-14(21)9-15(22)11-16/h2-3,8-12H,4-7H2,1H3. The van der Waals surface area contributed by atoms with Gasteiger partial charge in [0.05, 0.1) is 29.3 Å². The van der Waals surface area contributed by atoms with Gasteiger partial charge in [-0.15, -0.1) is 0 Å². The number of hydrogen-bond donors (Lipinski definition) is 0. The van der Waals surface area contributed by atoms with Crippen molar-refractivity contribution in [2.75, 3.05) is 31.2 Å². The van der Waals surface area contributed by atoms with Crippen LogP contribution < -0.4 is 4.90 Å². The topological polar surface area (TPSA) is 59.5 Å². The zero-order valence-corrected chi connectivity index (χ0v) is 16.0. The zero-order chi connectivity index (χ0) is 19.9. The molecule has 0 spiro atoms. The second kappa shape index (κ2) is 7.10. The maximum Gasteiger partial charge on any atom is 0.210 e. The molecule has 3 aromatic rings. The zero-order valence-electron chi connectivity index (χ0n) is 15.2. The fourth-order valence-corrected chi connectivity index (χ4v) is 4.87. The van der Waals surface area contributed by atoms with E-state index < -0.39 is 26.4 Å². The Labute approximate surface area is 161 Å². The van der Waals surface area contributed by atoms with Gasteiger partial charge in [-0.25, -0.2) is 17.2 Å². The molecule has 1 saturated heterocycles. The van der Waals surface area contributed by atoms with E-state index in [2.05, 4.69) is 4.98 Å². The summed E-state index contributed by atoms with van der Waals surface area (Å²) in [6.45, 7) is 3.85. The van der Waals surface area contributed by atoms with Gasteiger partial charge in [-0.1, -0.05) is 11.6 Å². The Kier molecular flexibility index (Phi) is 4.76. The molecular weight excluding hydrogens is 386 g/mol. The minimum absolute atomic E-state index is 0.0718. The third-order valence-corrected chi connectivity index (χ3v) is 6.46. The number of anilines is 1. The summed E-state index contributed by atoms with van der Waals surface area (Å²) in [5, 5.41) is 0.680. The van der Waals surface area contributed by atoms with Gasteiger partial charge in [0.1, 0.15) is 16.5 Å². The van der Waals surface area contributed by atoms with Crippen molar-refractivity contribution in [3.8, 4) is 0 Å². The third-order valence-electron chi connectivity index (χ3n) is 4.72. The number of pyridine rings is 1. The number of morpholine rings is 1. The van der Waals surface area contributed by atoms with Crippen molar-refractivity contribution in [1.29, 1.82) is 0 Å². The van der Waals surface area contributed by atoms with Crippen LogP contribution in [0.25, 0.3) is 10.9 Å². The Morgan fingerprint density at radius 3 is 2.39 bits per heavy atom. The van der Waals surface area contributed by atoms with Crippen molar-refractivity contribution in [1.82, 2.24) is 4.98 Å². The maximum absolute atomic E-state index is 13.7. The van der Waals surface area contributed by atoms with Crippen molar-refractivity contribution in [2.45, 2.75) is 16.7 Å². The minimum atomic E-state index is -4.19. The van der Waals surface area contributed by atoms with E-state index in [-0.39, 0.29) is 4.90 Å². The molecule has 0 bridgehead atoms. The van der Waals surface area contributed by atoms with Crippen LogP contribution in [0.5, 0.6) is 0 Å². The van der Waals surface area contributed by atoms with Crippen molar-refractivity contribution < 1.29 is 21.9 Å². The number of aromatic nitrogens is 1. The number of rotatable bonds is 3. The van der Waals surface area contributed by atoms with Crippen LogP contribution >= 0.6 is 0 Å². The van der Waals surface area contributed by atoms with Crippen molar-refractivity contribution >= 4 is 26.4 Å². The summed E-state index contributed by atoms with van der Waals surface area (Å²) in [4.78, 5) is 5.71. The molecule has 8 heteroatoms. The lowest BCUT2D eigenvalue weighted by Crippen LogP contribution is -2.37. The van der Waals surface area contributed by atoms with E-state index in [1.54, 1.807) is 0 Å². The fraction of sp³-hybridized carbons (Fsp3) is 0.250. The van der Waals surface area contributed by atoms with Crippen molar-refractivity contribution in [3.05, 3.63) is 59.8 Å². The quantitative estimate of drug-likeness (QED) is 0.669. The van der Waals surface area contributed by atoms with Gasteiger partial charge in [0, 0.05) is 30.7 Å². The minimum Gasteiger partial charge on any atom is -0.378 e. The first-order valence-corrected chi connectivity index (χ1v) is 10.3. The van der Waals surface area contributed by atoms with Gasteiger partial charge in [0.25, 0.3) is 0 Å². The molecule has 1 aromatic heterocycles. The maximum atomic E-state index is 13.7. The van der Waals surface area contributed by atoms with Crippen LogP contribution in [-0.2, 0) is 14.6 Å². The fourth-order valence-electron chi connectivity index (χ4n) is 3.39. The summed E-state index contributed by atoms with van der Waals surface area (Å²) in [6, 6.07) is 7.88. The van der Waals surface area contributed by atoms with Gasteiger partial charge < -0.3 is 9.64 Å². The number of fused-ring (bicyclic) bond motifs is 1. The van der Waals surface area contributed by atoms with Crippen molar-refractivity contribution in [3.63, 3.8) is 0 Å². The van der Waals surface area contributed by atoms with Crippen LogP contribution in [0.4, 0.5) is 14.5 Å². The van der Waals surface area contributed by atoms with Crippen LogP contribution in [-0.4, -0.2) is 39.7 Å². The molecule has 0 N–H and O–H groups in total. The lowest BCUT2D eigenvalue weighted by Gasteiger charge is -2.31. The number of halogens is 2. The lowest BCUT2D eigenvalue weighted by atomic mass is 10.1. The smallest absolute Gasteiger partial charge is 0.210 e. The van der Waals surface area contributed by atoms with Crippen LogP contribution in [0, 0.1) is 18.6 Å². The molecule has 0 amide bonds. The molecule has 146 valence electrons. The van der Waals surface area contributed by atoms with E-state index in [0.29, 0.717) is 49.0 Å². The van der Waals surface area contributed by atoms with E-state index in [0.717, 1.165) is 17.7 Å². The Bertz CT molecular complexity index is 1140. The number of hydrogen-bond acceptors (Lipinski definition) is 5. The Hall–Kier alpha value is -2.58. The second-order valence-electron chi connectivity index (χ2n) is 6.70. The summed E-state index contributed by atoms with van der Waals surface area (Å²) in [6.07, 6.45) is 1.26. The third kappa shape index (κ3) is 3.33. The number of ether oxygens (including phenoxy) is 1. The SMILES string of the molecule is Cc1ccc2ncc(S(=O)(=O)c3cc(F)cc(F)c3)c(N3CCOCC3)c2c1. The highest BCUT2D eigenvalue weighted by Crippen LogP contribution is 2.36. The molecule has 0 saturated carbocycles. The van der Waals surface area contributed by atoms with E-state index in [4.69, 9.17) is 4.74 Å². The monoisotopic (exact) mass is 404 g/mol. The lowest BCUT2D eigenvalue weighted by molar-refractivity contribution is 0.122. The molecule has 5 nitrogen and oxygen atoms in total. The molecule has 1 aliphatic rings. The molecule has 28 heavy (non-hydrogen) atoms. The summed E-state index contributed by atoms with van der Waals surface area (Å²) >= 11 is 0. The summed E-state index contributed by atoms with van der Waals surface area (Å²) in [5.74, 6) is -1.90. The molecule has 0 radical (unpaired) electrons. The van der Waals surface area contributed by atoms with Gasteiger partial charge in [0.2, 0.25) is 9.84 Å². The van der Waals surface area contributed by atoms with E-state index in [1.165, 1.54) is 6.20 Å². The number of sulfone groups is 1. The average molecular weight is 404 g/mol. The molecule has 1 fully saturated rings. The highest BCUT2D eigenvalue weighted by Gasteiger charge is 2.28. The summed E-state index contributed by atoms with van der Waals surface area (Å²) in [7, 11) is -4.19. The van der Waals surface area contributed by atoms with Crippen LogP contribution in [0.3, 0.4) is 0 Å². The first-order chi connectivity index (χ1) is 13.4. The summed E-state index contributed by atoms with van der Waals surface area (Å²) < 4.78 is 59.4. The molecule has 0 aliphatic carbocycles. The molecule has 2 heterocycles. The van der Waals surface area contributed by atoms with Crippen molar-refractivity contribution in [2.24, 2.45) is 0 Å². The highest BCUT2D eigenvalue weighted by molar-refractivity contribution is 7.91. The predicted molar refractivity (Wildman–Crippen MR) is 101 cm³/mol. The largest absolute Gasteiger partial charge is 0.378 e. The normalized spacial score (nSPS) is 15.2. The van der Waals surface area contributed by atoms with Gasteiger partial charge in [-0.3, -0.25) is 4.98 Å². The van der Waals surface area contributed by atoms with E-state index in [1.807, 2.05) is 30.0 Å². The van der Waals surface area contributed by atoms with Gasteiger partial charge in [0.15, 0.2) is 0 Å². The van der Waals surface area contributed by atoms with E-state index >= 15 is 0 Å². The Balaban J connectivity index is 2.00. The number of aryl methyl sites for hydroxylation is 1. The first kappa shape index (κ1) is 18.8. The average Bonchev–Trinajstić information content (AvgIpc) is 2.67. The molecule has 1 aliphatic heterocycles. The Morgan fingerprint density at radius 2 is 1.71 bits per heavy atom. The highest BCUT2D eigenvalue weighted by atomic mass is 32.2. The van der Waals surface area contributed by atoms with Gasteiger partial charge in [-0.05, 0) is 31.2 Å². The van der Waals surface area contributed by atoms with Gasteiger partial charge >= 0.3 is 0 Å². The molecule has 0 unspecified atom stereocenters. The number of benzene rings is 2. The Morgan fingerprint density at radius 1 is 1.04 bits per heavy atom. The van der Waals surface area contributed by atoms with E-state index in [9.17, 15) is 17.2 Å². The first-order valence-electron chi connectivity index (χ1n) is 8.79.